The third-order valence-electron chi connectivity index (χ3n) is 6.23. The van der Waals surface area contributed by atoms with E-state index in [1.165, 1.54) is 23.1 Å². The Hall–Kier alpha value is -4.92. The van der Waals surface area contributed by atoms with Gasteiger partial charge in [0.1, 0.15) is 23.7 Å². The van der Waals surface area contributed by atoms with Crippen LogP contribution in [-0.2, 0) is 15.8 Å². The summed E-state index contributed by atoms with van der Waals surface area (Å²) in [5.41, 5.74) is 0.256. The summed E-state index contributed by atoms with van der Waals surface area (Å²) in [4.78, 5) is 34.6. The topological polar surface area (TPSA) is 132 Å². The van der Waals surface area contributed by atoms with Crippen LogP contribution >= 0.6 is 0 Å². The van der Waals surface area contributed by atoms with E-state index in [0.29, 0.717) is 43.8 Å². The first kappa shape index (κ1) is 30.0. The van der Waals surface area contributed by atoms with Gasteiger partial charge >= 0.3 is 6.18 Å². The Morgan fingerprint density at radius 1 is 1.07 bits per heavy atom. The summed E-state index contributed by atoms with van der Waals surface area (Å²) < 4.78 is 59.7. The van der Waals surface area contributed by atoms with Gasteiger partial charge in [0.15, 0.2) is 0 Å². The molecule has 15 heteroatoms. The molecule has 0 radical (unpaired) electrons. The maximum Gasteiger partial charge on any atom is 0.421 e. The van der Waals surface area contributed by atoms with Crippen molar-refractivity contribution in [3.05, 3.63) is 66.9 Å². The number of hydrogen-bond acceptors (Lipinski definition) is 9. The number of piperazine rings is 1. The van der Waals surface area contributed by atoms with Gasteiger partial charge in [-0.15, -0.1) is 0 Å². The van der Waals surface area contributed by atoms with E-state index in [0.717, 1.165) is 6.08 Å². The maximum absolute atomic E-state index is 13.8. The highest BCUT2D eigenvalue weighted by atomic mass is 19.4. The van der Waals surface area contributed by atoms with Crippen molar-refractivity contribution in [1.29, 1.82) is 0 Å². The summed E-state index contributed by atoms with van der Waals surface area (Å²) in [5.74, 6) is -1.59. The van der Waals surface area contributed by atoms with E-state index in [2.05, 4.69) is 32.5 Å². The molecule has 0 aliphatic carbocycles. The van der Waals surface area contributed by atoms with Gasteiger partial charge in [-0.2, -0.15) is 18.2 Å². The number of carbonyl (C=O) groups excluding carboxylic acids is 2. The Morgan fingerprint density at radius 3 is 2.48 bits per heavy atom. The van der Waals surface area contributed by atoms with Gasteiger partial charge in [0.25, 0.3) is 0 Å². The largest absolute Gasteiger partial charge is 0.461 e. The molecule has 2 aromatic carbocycles. The van der Waals surface area contributed by atoms with Crippen LogP contribution in [0.25, 0.3) is 0 Å². The number of nitrogens with one attached hydrogen (secondary N) is 3. The molecule has 0 spiro atoms. The predicted molar refractivity (Wildman–Crippen MR) is 148 cm³/mol. The zero-order valence-corrected chi connectivity index (χ0v) is 22.1. The van der Waals surface area contributed by atoms with Gasteiger partial charge in [0.2, 0.25) is 24.6 Å². The van der Waals surface area contributed by atoms with Crippen molar-refractivity contribution >= 4 is 46.3 Å². The molecule has 2 amide bonds. The first-order valence-corrected chi connectivity index (χ1v) is 12.6. The number of halogens is 4. The standard InChI is InChI=1S/C27H27F4N7O4/c1-2-23(40)33-17-4-3-5-18(12-17)34-25-20(27(29,30)31)14-32-26(36-25)35-21-7-6-19(13-22(21)42-16-28)37-8-10-38(11-9-37)24(41)15-39/h2-7,12-14,39H,1,8-11,15-16H2,(H,33,40)(H2,32,34,35,36). The molecule has 1 saturated heterocycles. The molecule has 42 heavy (non-hydrogen) atoms. The molecule has 1 aliphatic rings. The van der Waals surface area contributed by atoms with E-state index < -0.39 is 36.9 Å². The van der Waals surface area contributed by atoms with Gasteiger partial charge in [0.05, 0.1) is 5.69 Å². The fraction of sp³-hybridized carbons (Fsp3) is 0.259. The normalized spacial score (nSPS) is 13.4. The van der Waals surface area contributed by atoms with Crippen LogP contribution in [0.2, 0.25) is 0 Å². The molecule has 222 valence electrons. The molecular formula is C27H27F4N7O4. The Labute approximate surface area is 237 Å². The van der Waals surface area contributed by atoms with Gasteiger partial charge in [0, 0.05) is 55.5 Å². The lowest BCUT2D eigenvalue weighted by Crippen LogP contribution is -2.49. The van der Waals surface area contributed by atoms with E-state index in [4.69, 9.17) is 9.84 Å². The van der Waals surface area contributed by atoms with E-state index >= 15 is 0 Å². The molecule has 1 fully saturated rings. The Kier molecular flexibility index (Phi) is 9.42. The molecule has 1 aromatic heterocycles. The summed E-state index contributed by atoms with van der Waals surface area (Å²) in [6.07, 6.45) is -3.12. The number of benzene rings is 2. The first-order valence-electron chi connectivity index (χ1n) is 12.6. The number of nitrogens with zero attached hydrogens (tertiary/aromatic N) is 4. The molecule has 0 saturated carbocycles. The van der Waals surface area contributed by atoms with Crippen LogP contribution < -0.4 is 25.6 Å². The van der Waals surface area contributed by atoms with Crippen molar-refractivity contribution in [2.75, 3.05) is 60.5 Å². The highest BCUT2D eigenvalue weighted by Gasteiger charge is 2.35. The summed E-state index contributed by atoms with van der Waals surface area (Å²) in [7, 11) is 0. The number of amides is 2. The number of carbonyl (C=O) groups is 2. The predicted octanol–water partition coefficient (Wildman–Crippen LogP) is 4.05. The van der Waals surface area contributed by atoms with Crippen molar-refractivity contribution < 1.29 is 37.0 Å². The third-order valence-corrected chi connectivity index (χ3v) is 6.23. The molecule has 1 aliphatic heterocycles. The number of rotatable bonds is 10. The minimum Gasteiger partial charge on any atom is -0.461 e. The minimum absolute atomic E-state index is 0.0625. The Morgan fingerprint density at radius 2 is 1.81 bits per heavy atom. The molecule has 4 N–H and O–H groups in total. The molecule has 0 bridgehead atoms. The van der Waals surface area contributed by atoms with Crippen LogP contribution in [0.5, 0.6) is 5.75 Å². The van der Waals surface area contributed by atoms with E-state index in [1.807, 2.05) is 4.90 Å². The highest BCUT2D eigenvalue weighted by Crippen LogP contribution is 2.37. The lowest BCUT2D eigenvalue weighted by Gasteiger charge is -2.36. The molecule has 11 nitrogen and oxygen atoms in total. The second-order valence-electron chi connectivity index (χ2n) is 8.94. The number of alkyl halides is 4. The summed E-state index contributed by atoms with van der Waals surface area (Å²) in [6, 6.07) is 10.8. The number of ether oxygens (including phenoxy) is 1. The Balaban J connectivity index is 1.57. The average Bonchev–Trinajstić information content (AvgIpc) is 2.97. The first-order chi connectivity index (χ1) is 20.1. The molecular weight excluding hydrogens is 562 g/mol. The van der Waals surface area contributed by atoms with Gasteiger partial charge in [-0.25, -0.2) is 9.37 Å². The average molecular weight is 590 g/mol. The minimum atomic E-state index is -4.79. The smallest absolute Gasteiger partial charge is 0.421 e. The summed E-state index contributed by atoms with van der Waals surface area (Å²) in [6.45, 7) is 3.31. The second-order valence-corrected chi connectivity index (χ2v) is 8.94. The maximum atomic E-state index is 13.8. The number of anilines is 6. The summed E-state index contributed by atoms with van der Waals surface area (Å²) in [5, 5.41) is 17.0. The second kappa shape index (κ2) is 13.2. The Bertz CT molecular complexity index is 1450. The fourth-order valence-corrected chi connectivity index (χ4v) is 4.17. The zero-order chi connectivity index (χ0) is 30.3. The van der Waals surface area contributed by atoms with Crippen molar-refractivity contribution in [1.82, 2.24) is 14.9 Å². The van der Waals surface area contributed by atoms with E-state index in [9.17, 15) is 27.2 Å². The van der Waals surface area contributed by atoms with E-state index in [-0.39, 0.29) is 29.0 Å². The monoisotopic (exact) mass is 589 g/mol. The van der Waals surface area contributed by atoms with Crippen molar-refractivity contribution in [3.8, 4) is 5.75 Å². The van der Waals surface area contributed by atoms with Crippen LogP contribution in [0.15, 0.2) is 61.3 Å². The highest BCUT2D eigenvalue weighted by molar-refractivity contribution is 5.99. The quantitative estimate of drug-likeness (QED) is 0.204. The third kappa shape index (κ3) is 7.42. The molecule has 3 aromatic rings. The molecule has 0 atom stereocenters. The molecule has 0 unspecified atom stereocenters. The molecule has 4 rings (SSSR count). The SMILES string of the molecule is C=CC(=O)Nc1cccc(Nc2nc(Nc3ccc(N4CCN(C(=O)CO)CC4)cc3OCF)ncc2C(F)(F)F)c1. The zero-order valence-electron chi connectivity index (χ0n) is 22.1. The van der Waals surface area contributed by atoms with Gasteiger partial charge in [-0.1, -0.05) is 12.6 Å². The van der Waals surface area contributed by atoms with Crippen LogP contribution in [0.1, 0.15) is 5.56 Å². The van der Waals surface area contributed by atoms with Crippen LogP contribution in [0.4, 0.5) is 52.1 Å². The van der Waals surface area contributed by atoms with Crippen molar-refractivity contribution in [2.24, 2.45) is 0 Å². The van der Waals surface area contributed by atoms with Crippen LogP contribution in [0.3, 0.4) is 0 Å². The number of aromatic nitrogens is 2. The van der Waals surface area contributed by atoms with Crippen molar-refractivity contribution in [3.63, 3.8) is 0 Å². The van der Waals surface area contributed by atoms with Gasteiger partial charge < -0.3 is 35.6 Å². The van der Waals surface area contributed by atoms with E-state index in [1.54, 1.807) is 24.3 Å². The van der Waals surface area contributed by atoms with Crippen LogP contribution in [0, 0.1) is 0 Å². The van der Waals surface area contributed by atoms with Crippen LogP contribution in [-0.4, -0.2) is 71.4 Å². The number of aliphatic hydroxyl groups is 1. The lowest BCUT2D eigenvalue weighted by atomic mass is 10.2. The van der Waals surface area contributed by atoms with Crippen molar-refractivity contribution in [2.45, 2.75) is 6.18 Å². The molecule has 2 heterocycles. The number of hydrogen-bond donors (Lipinski definition) is 4. The van der Waals surface area contributed by atoms with Gasteiger partial charge in [-0.05, 0) is 36.4 Å². The lowest BCUT2D eigenvalue weighted by molar-refractivity contribution is -0.137. The fourth-order valence-electron chi connectivity index (χ4n) is 4.17. The van der Waals surface area contributed by atoms with Gasteiger partial charge in [-0.3, -0.25) is 9.59 Å². The number of aliphatic hydroxyl groups excluding tert-OH is 1. The summed E-state index contributed by atoms with van der Waals surface area (Å²) >= 11 is 0.